The van der Waals surface area contributed by atoms with Gasteiger partial charge in [-0.15, -0.1) is 11.3 Å². The lowest BCUT2D eigenvalue weighted by Gasteiger charge is -2.07. The first-order valence-electron chi connectivity index (χ1n) is 7.88. The summed E-state index contributed by atoms with van der Waals surface area (Å²) in [5.41, 5.74) is 0.814. The van der Waals surface area contributed by atoms with Gasteiger partial charge in [0.05, 0.1) is 16.4 Å². The smallest absolute Gasteiger partial charge is 0.284 e. The molecule has 1 saturated carbocycles. The molecule has 1 fully saturated rings. The number of carbonyl (C=O) groups excluding carboxylic acids is 2. The van der Waals surface area contributed by atoms with Gasteiger partial charge in [0.15, 0.2) is 4.34 Å². The first kappa shape index (κ1) is 18.3. The quantitative estimate of drug-likeness (QED) is 0.553. The average molecular weight is 392 g/mol. The number of rotatable bonds is 7. The second-order valence-electron chi connectivity index (χ2n) is 5.82. The summed E-state index contributed by atoms with van der Waals surface area (Å²) in [6.45, 7) is 1.69. The van der Waals surface area contributed by atoms with Gasteiger partial charge in [0.25, 0.3) is 11.6 Å². The van der Waals surface area contributed by atoms with Gasteiger partial charge < -0.3 is 10.6 Å². The highest BCUT2D eigenvalue weighted by molar-refractivity contribution is 8.01. The molecule has 2 N–H and O–H groups in total. The molecule has 3 rings (SSSR count). The summed E-state index contributed by atoms with van der Waals surface area (Å²) < 4.78 is 0.694. The largest absolute Gasteiger partial charge is 0.352 e. The number of aromatic nitrogens is 1. The molecule has 0 unspecified atom stereocenters. The topological polar surface area (TPSA) is 114 Å². The molecule has 0 atom stereocenters. The summed E-state index contributed by atoms with van der Waals surface area (Å²) in [5.74, 6) is -0.789. The molecule has 0 radical (unpaired) electrons. The Morgan fingerprint density at radius 1 is 1.42 bits per heavy atom. The van der Waals surface area contributed by atoms with Crippen molar-refractivity contribution in [3.8, 4) is 0 Å². The average Bonchev–Trinajstić information content (AvgIpc) is 3.32. The van der Waals surface area contributed by atoms with E-state index >= 15 is 0 Å². The van der Waals surface area contributed by atoms with Crippen molar-refractivity contribution in [1.29, 1.82) is 0 Å². The van der Waals surface area contributed by atoms with Gasteiger partial charge in [-0.25, -0.2) is 4.98 Å². The highest BCUT2D eigenvalue weighted by Gasteiger charge is 2.24. The molecule has 26 heavy (non-hydrogen) atoms. The number of nitrogens with one attached hydrogen (secondary N) is 2. The Morgan fingerprint density at radius 3 is 2.81 bits per heavy atom. The fraction of sp³-hybridized carbons (Fsp3) is 0.312. The highest BCUT2D eigenvalue weighted by Crippen LogP contribution is 2.36. The summed E-state index contributed by atoms with van der Waals surface area (Å²) in [5, 5.41) is 18.5. The van der Waals surface area contributed by atoms with Crippen LogP contribution in [0.1, 0.15) is 28.9 Å². The third-order valence-corrected chi connectivity index (χ3v) is 5.69. The number of aryl methyl sites for hydroxylation is 1. The summed E-state index contributed by atoms with van der Waals surface area (Å²) in [6.07, 6.45) is 1.92. The molecule has 1 aromatic carbocycles. The van der Waals surface area contributed by atoms with Crippen molar-refractivity contribution in [1.82, 2.24) is 15.6 Å². The van der Waals surface area contributed by atoms with Crippen molar-refractivity contribution in [2.24, 2.45) is 0 Å². The van der Waals surface area contributed by atoms with Crippen molar-refractivity contribution in [2.75, 3.05) is 6.54 Å². The minimum atomic E-state index is -0.528. The Morgan fingerprint density at radius 2 is 2.19 bits per heavy atom. The van der Waals surface area contributed by atoms with Gasteiger partial charge >= 0.3 is 0 Å². The Hall–Kier alpha value is -2.46. The predicted molar refractivity (Wildman–Crippen MR) is 97.6 cm³/mol. The van der Waals surface area contributed by atoms with Crippen LogP contribution in [-0.2, 0) is 4.79 Å². The van der Waals surface area contributed by atoms with Crippen molar-refractivity contribution < 1.29 is 14.5 Å². The van der Waals surface area contributed by atoms with E-state index in [0.29, 0.717) is 9.24 Å². The zero-order valence-corrected chi connectivity index (χ0v) is 15.5. The van der Waals surface area contributed by atoms with Gasteiger partial charge in [-0.2, -0.15) is 0 Å². The molecule has 0 bridgehead atoms. The third kappa shape index (κ3) is 4.79. The molecular formula is C16H16N4O4S2. The molecule has 0 saturated heterocycles. The van der Waals surface area contributed by atoms with Crippen molar-refractivity contribution in [3.63, 3.8) is 0 Å². The number of thiazole rings is 1. The maximum atomic E-state index is 12.2. The number of benzene rings is 1. The SMILES string of the molecule is Cc1csc(Sc2ccc(C(=O)NCC(=O)NC3CC3)cc2[N+](=O)[O-])n1. The Labute approximate surface area is 157 Å². The van der Waals surface area contributed by atoms with Gasteiger partial charge in [-0.1, -0.05) is 11.8 Å². The number of amides is 2. The van der Waals surface area contributed by atoms with E-state index in [0.717, 1.165) is 18.5 Å². The molecule has 2 amide bonds. The number of nitrogens with zero attached hydrogens (tertiary/aromatic N) is 2. The Balaban J connectivity index is 1.69. The first-order chi connectivity index (χ1) is 12.4. The molecule has 0 spiro atoms. The van der Waals surface area contributed by atoms with Crippen LogP contribution >= 0.6 is 23.1 Å². The van der Waals surface area contributed by atoms with Crippen LogP contribution < -0.4 is 10.6 Å². The maximum Gasteiger partial charge on any atom is 0.284 e. The Bertz CT molecular complexity index is 864. The second kappa shape index (κ2) is 7.83. The van der Waals surface area contributed by atoms with Crippen LogP contribution in [0.2, 0.25) is 0 Å². The molecule has 136 valence electrons. The highest BCUT2D eigenvalue weighted by atomic mass is 32.2. The van der Waals surface area contributed by atoms with Crippen LogP contribution in [0.15, 0.2) is 32.8 Å². The zero-order chi connectivity index (χ0) is 18.7. The van der Waals surface area contributed by atoms with Gasteiger partial charge in [-0.3, -0.25) is 19.7 Å². The van der Waals surface area contributed by atoms with E-state index in [-0.39, 0.29) is 29.7 Å². The van der Waals surface area contributed by atoms with Crippen LogP contribution in [0.5, 0.6) is 0 Å². The van der Waals surface area contributed by atoms with Gasteiger partial charge in [-0.05, 0) is 31.9 Å². The summed E-state index contributed by atoms with van der Waals surface area (Å²) in [6, 6.07) is 4.46. The van der Waals surface area contributed by atoms with E-state index in [1.165, 1.54) is 41.3 Å². The van der Waals surface area contributed by atoms with E-state index in [9.17, 15) is 19.7 Å². The normalized spacial score (nSPS) is 13.3. The van der Waals surface area contributed by atoms with Crippen LogP contribution in [0.4, 0.5) is 5.69 Å². The van der Waals surface area contributed by atoms with Crippen LogP contribution in [0, 0.1) is 17.0 Å². The standard InChI is InChI=1S/C16H16N4O4S2/c1-9-8-25-16(18-9)26-13-5-2-10(6-12(13)20(23)24)15(22)17-7-14(21)19-11-3-4-11/h2,5-6,8,11H,3-4,7H2,1H3,(H,17,22)(H,19,21). The minimum absolute atomic E-state index is 0.135. The maximum absolute atomic E-state index is 12.2. The number of nitro benzene ring substituents is 1. The van der Waals surface area contributed by atoms with E-state index in [2.05, 4.69) is 15.6 Å². The number of nitro groups is 1. The molecule has 2 aromatic rings. The van der Waals surface area contributed by atoms with Crippen LogP contribution in [0.25, 0.3) is 0 Å². The minimum Gasteiger partial charge on any atom is -0.352 e. The number of hydrogen-bond acceptors (Lipinski definition) is 7. The third-order valence-electron chi connectivity index (χ3n) is 3.56. The monoisotopic (exact) mass is 392 g/mol. The predicted octanol–water partition coefficient (Wildman–Crippen LogP) is 2.52. The molecular weight excluding hydrogens is 376 g/mol. The summed E-state index contributed by atoms with van der Waals surface area (Å²) in [4.78, 5) is 39.3. The van der Waals surface area contributed by atoms with Crippen molar-refractivity contribution in [3.05, 3.63) is 45.0 Å². The van der Waals surface area contributed by atoms with Gasteiger partial charge in [0.1, 0.15) is 0 Å². The molecule has 1 heterocycles. The summed E-state index contributed by atoms with van der Waals surface area (Å²) in [7, 11) is 0. The van der Waals surface area contributed by atoms with Crippen molar-refractivity contribution >= 4 is 40.6 Å². The van der Waals surface area contributed by atoms with Crippen LogP contribution in [0.3, 0.4) is 0 Å². The number of hydrogen-bond donors (Lipinski definition) is 2. The summed E-state index contributed by atoms with van der Waals surface area (Å²) >= 11 is 2.59. The zero-order valence-electron chi connectivity index (χ0n) is 13.9. The fourth-order valence-electron chi connectivity index (χ4n) is 2.13. The van der Waals surface area contributed by atoms with E-state index in [1.807, 2.05) is 12.3 Å². The Kier molecular flexibility index (Phi) is 5.52. The molecule has 1 aliphatic carbocycles. The second-order valence-corrected chi connectivity index (χ2v) is 7.97. The molecule has 1 aliphatic rings. The number of carbonyl (C=O) groups is 2. The lowest BCUT2D eigenvalue weighted by Crippen LogP contribution is -2.37. The van der Waals surface area contributed by atoms with Gasteiger partial charge in [0, 0.05) is 28.7 Å². The fourth-order valence-corrected chi connectivity index (χ4v) is 4.01. The lowest BCUT2D eigenvalue weighted by molar-refractivity contribution is -0.387. The van der Waals surface area contributed by atoms with Crippen molar-refractivity contribution in [2.45, 2.75) is 35.0 Å². The van der Waals surface area contributed by atoms with Crippen LogP contribution in [-0.4, -0.2) is 34.3 Å². The van der Waals surface area contributed by atoms with E-state index in [4.69, 9.17) is 0 Å². The molecule has 1 aromatic heterocycles. The molecule has 8 nitrogen and oxygen atoms in total. The van der Waals surface area contributed by atoms with Gasteiger partial charge in [0.2, 0.25) is 5.91 Å². The van der Waals surface area contributed by atoms with E-state index < -0.39 is 10.8 Å². The molecule has 0 aliphatic heterocycles. The molecule has 10 heteroatoms. The lowest BCUT2D eigenvalue weighted by atomic mass is 10.2. The first-order valence-corrected chi connectivity index (χ1v) is 9.58. The van der Waals surface area contributed by atoms with E-state index in [1.54, 1.807) is 0 Å².